The van der Waals surface area contributed by atoms with Crippen LogP contribution in [0.4, 0.5) is 21.8 Å². The van der Waals surface area contributed by atoms with Crippen LogP contribution in [0.5, 0.6) is 11.5 Å². The van der Waals surface area contributed by atoms with Gasteiger partial charge in [-0.1, -0.05) is 12.1 Å². The maximum absolute atomic E-state index is 13.8. The Labute approximate surface area is 157 Å². The van der Waals surface area contributed by atoms with Crippen molar-refractivity contribution in [3.8, 4) is 11.5 Å². The van der Waals surface area contributed by atoms with Crippen LogP contribution in [-0.4, -0.2) is 30.2 Å². The van der Waals surface area contributed by atoms with Crippen molar-refractivity contribution in [2.45, 2.75) is 6.92 Å². The first kappa shape index (κ1) is 18.4. The number of hydrogen-bond acceptors (Lipinski definition) is 6. The van der Waals surface area contributed by atoms with Gasteiger partial charge >= 0.3 is 0 Å². The minimum Gasteiger partial charge on any atom is -0.497 e. The molecule has 0 aliphatic rings. The third-order valence-corrected chi connectivity index (χ3v) is 3.71. The summed E-state index contributed by atoms with van der Waals surface area (Å²) >= 11 is 0. The van der Waals surface area contributed by atoms with Gasteiger partial charge in [-0.3, -0.25) is 0 Å². The van der Waals surface area contributed by atoms with Crippen LogP contribution in [0.3, 0.4) is 0 Å². The Morgan fingerprint density at radius 3 is 2.48 bits per heavy atom. The van der Waals surface area contributed by atoms with E-state index in [4.69, 9.17) is 9.47 Å². The third-order valence-electron chi connectivity index (χ3n) is 3.71. The predicted molar refractivity (Wildman–Crippen MR) is 103 cm³/mol. The van der Waals surface area contributed by atoms with Gasteiger partial charge in [-0.2, -0.15) is 4.98 Å². The molecular weight excluding hydrogens is 347 g/mol. The van der Waals surface area contributed by atoms with Gasteiger partial charge in [-0.05, 0) is 43.3 Å². The molecule has 0 saturated heterocycles. The number of nitrogens with one attached hydrogen (secondary N) is 2. The molecule has 0 aliphatic carbocycles. The van der Waals surface area contributed by atoms with Crippen molar-refractivity contribution in [3.63, 3.8) is 0 Å². The summed E-state index contributed by atoms with van der Waals surface area (Å²) in [6.45, 7) is 2.88. The fourth-order valence-corrected chi connectivity index (χ4v) is 2.42. The van der Waals surface area contributed by atoms with Crippen LogP contribution in [0.1, 0.15) is 5.69 Å². The molecule has 2 N–H and O–H groups in total. The van der Waals surface area contributed by atoms with Crippen molar-refractivity contribution in [1.82, 2.24) is 9.97 Å². The second kappa shape index (κ2) is 8.84. The molecule has 0 saturated carbocycles. The monoisotopic (exact) mass is 368 g/mol. The molecule has 0 amide bonds. The lowest BCUT2D eigenvalue weighted by molar-refractivity contribution is 0.331. The highest BCUT2D eigenvalue weighted by Crippen LogP contribution is 2.19. The summed E-state index contributed by atoms with van der Waals surface area (Å²) in [5.41, 5.74) is 1.10. The number of para-hydroxylation sites is 1. The number of aryl methyl sites for hydroxylation is 1. The summed E-state index contributed by atoms with van der Waals surface area (Å²) in [6, 6.07) is 15.6. The van der Waals surface area contributed by atoms with E-state index < -0.39 is 0 Å². The molecule has 27 heavy (non-hydrogen) atoms. The molecule has 1 aromatic heterocycles. The molecule has 6 nitrogen and oxygen atoms in total. The van der Waals surface area contributed by atoms with Gasteiger partial charge < -0.3 is 20.1 Å². The highest BCUT2D eigenvalue weighted by molar-refractivity contribution is 5.55. The number of rotatable bonds is 8. The summed E-state index contributed by atoms with van der Waals surface area (Å²) < 4.78 is 24.6. The van der Waals surface area contributed by atoms with Gasteiger partial charge in [0.1, 0.15) is 29.7 Å². The Kier molecular flexibility index (Phi) is 6.04. The van der Waals surface area contributed by atoms with E-state index >= 15 is 0 Å². The van der Waals surface area contributed by atoms with Crippen molar-refractivity contribution >= 4 is 17.5 Å². The molecular formula is C20H21FN4O2. The van der Waals surface area contributed by atoms with E-state index in [2.05, 4.69) is 20.6 Å². The number of benzene rings is 2. The zero-order valence-electron chi connectivity index (χ0n) is 15.2. The van der Waals surface area contributed by atoms with Crippen molar-refractivity contribution < 1.29 is 13.9 Å². The zero-order chi connectivity index (χ0) is 19.1. The van der Waals surface area contributed by atoms with Crippen molar-refractivity contribution in [2.24, 2.45) is 0 Å². The first-order valence-corrected chi connectivity index (χ1v) is 8.52. The normalized spacial score (nSPS) is 10.3. The topological polar surface area (TPSA) is 68.3 Å². The molecule has 140 valence electrons. The van der Waals surface area contributed by atoms with Gasteiger partial charge in [0.05, 0.1) is 19.3 Å². The van der Waals surface area contributed by atoms with Crippen LogP contribution in [-0.2, 0) is 0 Å². The van der Waals surface area contributed by atoms with Gasteiger partial charge in [0.25, 0.3) is 0 Å². The minimum atomic E-state index is -0.356. The van der Waals surface area contributed by atoms with E-state index in [9.17, 15) is 4.39 Å². The number of hydrogen-bond donors (Lipinski definition) is 2. The number of aromatic nitrogens is 2. The van der Waals surface area contributed by atoms with Crippen molar-refractivity contribution in [2.75, 3.05) is 30.9 Å². The van der Waals surface area contributed by atoms with Crippen LogP contribution < -0.4 is 20.1 Å². The summed E-state index contributed by atoms with van der Waals surface area (Å²) in [6.07, 6.45) is 0. The lowest BCUT2D eigenvalue weighted by atomic mass is 10.3. The third kappa shape index (κ3) is 5.31. The molecule has 3 rings (SSSR count). The van der Waals surface area contributed by atoms with Crippen LogP contribution in [0.25, 0.3) is 0 Å². The summed E-state index contributed by atoms with van der Waals surface area (Å²) in [5, 5.41) is 6.08. The maximum atomic E-state index is 13.8. The number of anilines is 3. The number of methoxy groups -OCH3 is 1. The largest absolute Gasteiger partial charge is 0.497 e. The first-order chi connectivity index (χ1) is 13.1. The van der Waals surface area contributed by atoms with Gasteiger partial charge in [-0.25, -0.2) is 9.37 Å². The Hall–Kier alpha value is -3.35. The van der Waals surface area contributed by atoms with Gasteiger partial charge in [0.15, 0.2) is 0 Å². The quantitative estimate of drug-likeness (QED) is 0.582. The van der Waals surface area contributed by atoms with Crippen molar-refractivity contribution in [1.29, 1.82) is 0 Å². The number of halogens is 1. The van der Waals surface area contributed by atoms with E-state index in [-0.39, 0.29) is 5.82 Å². The fourth-order valence-electron chi connectivity index (χ4n) is 2.42. The lowest BCUT2D eigenvalue weighted by Gasteiger charge is -2.11. The van der Waals surface area contributed by atoms with Crippen molar-refractivity contribution in [3.05, 3.63) is 66.1 Å². The van der Waals surface area contributed by atoms with Crippen LogP contribution in [0, 0.1) is 12.7 Å². The molecule has 0 bridgehead atoms. The Morgan fingerprint density at radius 1 is 1.00 bits per heavy atom. The average molecular weight is 368 g/mol. The van der Waals surface area contributed by atoms with Crippen LogP contribution in [0.2, 0.25) is 0 Å². The second-order valence-corrected chi connectivity index (χ2v) is 5.77. The SMILES string of the molecule is COc1ccc(OCCNc2cc(C)nc(Nc3ccccc3F)n2)cc1. The highest BCUT2D eigenvalue weighted by Gasteiger charge is 2.06. The Balaban J connectivity index is 1.55. The summed E-state index contributed by atoms with van der Waals surface area (Å²) in [7, 11) is 1.62. The van der Waals surface area contributed by atoms with E-state index in [0.717, 1.165) is 17.2 Å². The summed E-state index contributed by atoms with van der Waals surface area (Å²) in [5.74, 6) is 2.16. The number of ether oxygens (including phenoxy) is 2. The molecule has 1 heterocycles. The molecule has 0 atom stereocenters. The molecule has 0 aliphatic heterocycles. The van der Waals surface area contributed by atoms with Gasteiger partial charge in [0.2, 0.25) is 5.95 Å². The summed E-state index contributed by atoms with van der Waals surface area (Å²) in [4.78, 5) is 8.66. The molecule has 2 aromatic carbocycles. The molecule has 0 spiro atoms. The number of nitrogens with zero attached hydrogens (tertiary/aromatic N) is 2. The molecule has 0 radical (unpaired) electrons. The molecule has 0 fully saturated rings. The van der Waals surface area contributed by atoms with Gasteiger partial charge in [0, 0.05) is 11.8 Å². The average Bonchev–Trinajstić information content (AvgIpc) is 2.67. The van der Waals surface area contributed by atoms with Gasteiger partial charge in [-0.15, -0.1) is 0 Å². The van der Waals surface area contributed by atoms with E-state index in [0.29, 0.717) is 30.6 Å². The van der Waals surface area contributed by atoms with E-state index in [1.165, 1.54) is 6.07 Å². The van der Waals surface area contributed by atoms with E-state index in [1.807, 2.05) is 37.3 Å². The second-order valence-electron chi connectivity index (χ2n) is 5.77. The van der Waals surface area contributed by atoms with Crippen LogP contribution >= 0.6 is 0 Å². The Morgan fingerprint density at radius 2 is 1.74 bits per heavy atom. The minimum absolute atomic E-state index is 0.330. The molecule has 3 aromatic rings. The van der Waals surface area contributed by atoms with Crippen LogP contribution in [0.15, 0.2) is 54.6 Å². The smallest absolute Gasteiger partial charge is 0.229 e. The molecule has 0 unspecified atom stereocenters. The van der Waals surface area contributed by atoms with E-state index in [1.54, 1.807) is 25.3 Å². The lowest BCUT2D eigenvalue weighted by Crippen LogP contribution is -2.13. The standard InChI is InChI=1S/C20H21FN4O2/c1-14-13-19(22-11-12-27-16-9-7-15(26-2)8-10-16)25-20(23-14)24-18-6-4-3-5-17(18)21/h3-10,13H,11-12H2,1-2H3,(H2,22,23,24,25). The molecule has 7 heteroatoms. The first-order valence-electron chi connectivity index (χ1n) is 8.52. The predicted octanol–water partition coefficient (Wildman–Crippen LogP) is 4.17. The fraction of sp³-hybridized carbons (Fsp3) is 0.200. The Bertz CT molecular complexity index is 887. The zero-order valence-corrected chi connectivity index (χ0v) is 15.2. The highest BCUT2D eigenvalue weighted by atomic mass is 19.1. The maximum Gasteiger partial charge on any atom is 0.229 e.